The van der Waals surface area contributed by atoms with Gasteiger partial charge in [0.05, 0.1) is 5.69 Å². The summed E-state index contributed by atoms with van der Waals surface area (Å²) in [6.07, 6.45) is 0. The number of hydrogen-bond donors (Lipinski definition) is 1. The van der Waals surface area contributed by atoms with Crippen molar-refractivity contribution in [2.45, 2.75) is 39.5 Å². The quantitative estimate of drug-likeness (QED) is 0.835. The molecule has 3 nitrogen and oxygen atoms in total. The molecule has 0 saturated heterocycles. The van der Waals surface area contributed by atoms with Crippen LogP contribution in [0.4, 0.5) is 0 Å². The van der Waals surface area contributed by atoms with E-state index in [9.17, 15) is 0 Å². The molecular formula is C15H18Cl2N2OS. The van der Waals surface area contributed by atoms with E-state index in [1.807, 2.05) is 5.38 Å². The fraction of sp³-hybridized carbons (Fsp3) is 0.400. The van der Waals surface area contributed by atoms with Crippen molar-refractivity contribution in [3.8, 4) is 5.75 Å². The molecule has 0 aliphatic heterocycles. The highest BCUT2D eigenvalue weighted by Gasteiger charge is 2.10. The van der Waals surface area contributed by atoms with E-state index in [2.05, 4.69) is 31.1 Å². The molecule has 0 aliphatic carbocycles. The minimum absolute atomic E-state index is 0.0832. The van der Waals surface area contributed by atoms with Crippen molar-refractivity contribution in [2.24, 2.45) is 0 Å². The van der Waals surface area contributed by atoms with E-state index in [1.165, 1.54) is 0 Å². The first-order chi connectivity index (χ1) is 9.82. The molecule has 1 aromatic carbocycles. The number of hydrogen-bond acceptors (Lipinski definition) is 4. The lowest BCUT2D eigenvalue weighted by Crippen LogP contribution is -2.35. The lowest BCUT2D eigenvalue weighted by Gasteiger charge is -2.19. The van der Waals surface area contributed by atoms with Crippen molar-refractivity contribution in [1.82, 2.24) is 10.3 Å². The van der Waals surface area contributed by atoms with Gasteiger partial charge in [-0.3, -0.25) is 0 Å². The Hall–Kier alpha value is -0.810. The summed E-state index contributed by atoms with van der Waals surface area (Å²) in [6.45, 7) is 7.56. The first-order valence-corrected chi connectivity index (χ1v) is 8.22. The van der Waals surface area contributed by atoms with Crippen LogP contribution in [-0.4, -0.2) is 10.5 Å². The van der Waals surface area contributed by atoms with E-state index in [-0.39, 0.29) is 5.54 Å². The van der Waals surface area contributed by atoms with Gasteiger partial charge in [0.2, 0.25) is 0 Å². The summed E-state index contributed by atoms with van der Waals surface area (Å²) in [4.78, 5) is 4.54. The van der Waals surface area contributed by atoms with Crippen LogP contribution < -0.4 is 10.1 Å². The van der Waals surface area contributed by atoms with E-state index < -0.39 is 0 Å². The molecule has 0 radical (unpaired) electrons. The number of ether oxygens (including phenoxy) is 1. The van der Waals surface area contributed by atoms with Crippen LogP contribution in [-0.2, 0) is 13.2 Å². The Morgan fingerprint density at radius 1 is 1.19 bits per heavy atom. The zero-order chi connectivity index (χ0) is 15.5. The third-order valence-corrected chi connectivity index (χ3v) is 3.93. The van der Waals surface area contributed by atoms with Crippen molar-refractivity contribution >= 4 is 34.5 Å². The van der Waals surface area contributed by atoms with Crippen LogP contribution in [0.5, 0.6) is 5.75 Å². The van der Waals surface area contributed by atoms with Gasteiger partial charge < -0.3 is 10.1 Å². The molecule has 0 unspecified atom stereocenters. The van der Waals surface area contributed by atoms with E-state index >= 15 is 0 Å². The first-order valence-electron chi connectivity index (χ1n) is 6.59. The summed E-state index contributed by atoms with van der Waals surface area (Å²) in [7, 11) is 0. The SMILES string of the molecule is CC(C)(C)NCc1nc(COc2cc(Cl)cc(Cl)c2)cs1. The van der Waals surface area contributed by atoms with Gasteiger partial charge >= 0.3 is 0 Å². The third kappa shape index (κ3) is 5.83. The van der Waals surface area contributed by atoms with Gasteiger partial charge in [-0.2, -0.15) is 0 Å². The molecule has 0 fully saturated rings. The third-order valence-electron chi connectivity index (χ3n) is 2.59. The Balaban J connectivity index is 1.90. The number of thiazole rings is 1. The fourth-order valence-electron chi connectivity index (χ4n) is 1.61. The van der Waals surface area contributed by atoms with Crippen LogP contribution in [0.2, 0.25) is 10.0 Å². The zero-order valence-electron chi connectivity index (χ0n) is 12.2. The van der Waals surface area contributed by atoms with Gasteiger partial charge in [0.25, 0.3) is 0 Å². The summed E-state index contributed by atoms with van der Waals surface area (Å²) < 4.78 is 5.67. The van der Waals surface area contributed by atoms with Crippen molar-refractivity contribution in [1.29, 1.82) is 0 Å². The normalized spacial score (nSPS) is 11.7. The van der Waals surface area contributed by atoms with Gasteiger partial charge in [-0.05, 0) is 39.0 Å². The van der Waals surface area contributed by atoms with Gasteiger partial charge in [0, 0.05) is 27.5 Å². The molecule has 0 amide bonds. The number of aromatic nitrogens is 1. The Morgan fingerprint density at radius 3 is 2.48 bits per heavy atom. The Morgan fingerprint density at radius 2 is 1.86 bits per heavy atom. The molecule has 2 rings (SSSR count). The molecule has 1 heterocycles. The van der Waals surface area contributed by atoms with Crippen molar-refractivity contribution in [3.63, 3.8) is 0 Å². The molecule has 0 saturated carbocycles. The fourth-order valence-corrected chi connectivity index (χ4v) is 2.83. The second-order valence-electron chi connectivity index (χ2n) is 5.73. The lowest BCUT2D eigenvalue weighted by atomic mass is 10.1. The number of benzene rings is 1. The van der Waals surface area contributed by atoms with Gasteiger partial charge in [0.1, 0.15) is 17.4 Å². The van der Waals surface area contributed by atoms with Gasteiger partial charge in [-0.15, -0.1) is 11.3 Å². The predicted octanol–water partition coefficient (Wildman–Crippen LogP) is 4.92. The highest BCUT2D eigenvalue weighted by atomic mass is 35.5. The van der Waals surface area contributed by atoms with Crippen LogP contribution in [0.25, 0.3) is 0 Å². The second-order valence-corrected chi connectivity index (χ2v) is 7.55. The maximum absolute atomic E-state index is 5.93. The molecule has 1 N–H and O–H groups in total. The van der Waals surface area contributed by atoms with Gasteiger partial charge in [-0.25, -0.2) is 4.98 Å². The summed E-state index contributed by atoms with van der Waals surface area (Å²) >= 11 is 13.5. The molecule has 0 bridgehead atoms. The van der Waals surface area contributed by atoms with Crippen LogP contribution in [0, 0.1) is 0 Å². The molecule has 0 aliphatic rings. The average molecular weight is 345 g/mol. The lowest BCUT2D eigenvalue weighted by molar-refractivity contribution is 0.301. The maximum Gasteiger partial charge on any atom is 0.131 e. The van der Waals surface area contributed by atoms with E-state index in [0.717, 1.165) is 17.2 Å². The van der Waals surface area contributed by atoms with Gasteiger partial charge in [0.15, 0.2) is 0 Å². The Labute approximate surface area is 139 Å². The van der Waals surface area contributed by atoms with Crippen LogP contribution >= 0.6 is 34.5 Å². The first kappa shape index (κ1) is 16.6. The van der Waals surface area contributed by atoms with E-state index in [1.54, 1.807) is 29.5 Å². The molecule has 6 heteroatoms. The minimum atomic E-state index is 0.0832. The molecule has 0 atom stereocenters. The van der Waals surface area contributed by atoms with Crippen molar-refractivity contribution in [2.75, 3.05) is 0 Å². The summed E-state index contributed by atoms with van der Waals surface area (Å²) in [5.41, 5.74) is 0.988. The van der Waals surface area contributed by atoms with Crippen molar-refractivity contribution in [3.05, 3.63) is 44.3 Å². The predicted molar refractivity (Wildman–Crippen MR) is 89.5 cm³/mol. The van der Waals surface area contributed by atoms with Crippen LogP contribution in [0.1, 0.15) is 31.5 Å². The minimum Gasteiger partial charge on any atom is -0.487 e. The van der Waals surface area contributed by atoms with E-state index in [4.69, 9.17) is 27.9 Å². The monoisotopic (exact) mass is 344 g/mol. The average Bonchev–Trinajstić information content (AvgIpc) is 2.80. The molecular weight excluding hydrogens is 327 g/mol. The number of rotatable bonds is 5. The zero-order valence-corrected chi connectivity index (χ0v) is 14.6. The highest BCUT2D eigenvalue weighted by Crippen LogP contribution is 2.25. The number of nitrogens with one attached hydrogen (secondary N) is 1. The maximum atomic E-state index is 5.93. The smallest absolute Gasteiger partial charge is 0.131 e. The topological polar surface area (TPSA) is 34.2 Å². The molecule has 0 spiro atoms. The molecule has 21 heavy (non-hydrogen) atoms. The number of halogens is 2. The Bertz CT molecular complexity index is 588. The molecule has 1 aromatic heterocycles. The largest absolute Gasteiger partial charge is 0.487 e. The highest BCUT2D eigenvalue weighted by molar-refractivity contribution is 7.09. The summed E-state index contributed by atoms with van der Waals surface area (Å²) in [5.74, 6) is 0.648. The summed E-state index contributed by atoms with van der Waals surface area (Å²) in [6, 6.07) is 5.15. The number of nitrogens with zero attached hydrogens (tertiary/aromatic N) is 1. The molecule has 114 valence electrons. The molecule has 2 aromatic rings. The van der Waals surface area contributed by atoms with Gasteiger partial charge in [-0.1, -0.05) is 23.2 Å². The van der Waals surface area contributed by atoms with Crippen molar-refractivity contribution < 1.29 is 4.74 Å². The van der Waals surface area contributed by atoms with E-state index in [0.29, 0.717) is 22.4 Å². The van der Waals surface area contributed by atoms with Crippen LogP contribution in [0.15, 0.2) is 23.6 Å². The standard InChI is InChI=1S/C15H18Cl2N2OS/c1-15(2,3)18-7-14-19-12(9-21-14)8-20-13-5-10(16)4-11(17)6-13/h4-6,9,18H,7-8H2,1-3H3. The Kier molecular flexibility index (Phi) is 5.49. The second kappa shape index (κ2) is 6.97. The summed E-state index contributed by atoms with van der Waals surface area (Å²) in [5, 5.41) is 7.59. The van der Waals surface area contributed by atoms with Crippen LogP contribution in [0.3, 0.4) is 0 Å².